The second kappa shape index (κ2) is 3.89. The third-order valence-electron chi connectivity index (χ3n) is 3.28. The van der Waals surface area contributed by atoms with Gasteiger partial charge in [-0.05, 0) is 19.8 Å². The third-order valence-corrected chi connectivity index (χ3v) is 3.28. The third kappa shape index (κ3) is 1.70. The van der Waals surface area contributed by atoms with Crippen molar-refractivity contribution in [1.82, 2.24) is 0 Å². The van der Waals surface area contributed by atoms with Crippen molar-refractivity contribution < 1.29 is 14.3 Å². The first-order valence-corrected chi connectivity index (χ1v) is 5.59. The zero-order chi connectivity index (χ0) is 11.9. The van der Waals surface area contributed by atoms with E-state index in [0.717, 1.165) is 5.57 Å². The minimum absolute atomic E-state index is 0.00477. The van der Waals surface area contributed by atoms with Gasteiger partial charge in [0, 0.05) is 5.92 Å². The highest BCUT2D eigenvalue weighted by atomic mass is 16.6. The monoisotopic (exact) mass is 220 g/mol. The minimum atomic E-state index is -0.367. The van der Waals surface area contributed by atoms with E-state index in [9.17, 15) is 9.59 Å². The molecule has 0 N–H and O–H groups in total. The lowest BCUT2D eigenvalue weighted by Crippen LogP contribution is -2.31. The molecule has 86 valence electrons. The molecule has 0 saturated carbocycles. The molecule has 1 aliphatic carbocycles. The molecular formula is C13H16O3. The number of allylic oxidation sites excluding steroid dienone is 4. The Morgan fingerprint density at radius 3 is 2.44 bits per heavy atom. The fraction of sp³-hybridized carbons (Fsp3) is 0.538. The smallest absolute Gasteiger partial charge is 0.318 e. The maximum absolute atomic E-state index is 11.7. The van der Waals surface area contributed by atoms with Crippen LogP contribution in [0.3, 0.4) is 0 Å². The molecule has 1 heterocycles. The molecule has 4 unspecified atom stereocenters. The first-order valence-electron chi connectivity index (χ1n) is 5.59. The lowest BCUT2D eigenvalue weighted by Gasteiger charge is -2.27. The van der Waals surface area contributed by atoms with Gasteiger partial charge in [0.1, 0.15) is 0 Å². The van der Waals surface area contributed by atoms with Crippen molar-refractivity contribution in [3.05, 3.63) is 23.8 Å². The van der Waals surface area contributed by atoms with Crippen molar-refractivity contribution in [1.29, 1.82) is 0 Å². The van der Waals surface area contributed by atoms with Crippen LogP contribution in [0.15, 0.2) is 23.8 Å². The number of hydrogen-bond donors (Lipinski definition) is 0. The summed E-state index contributed by atoms with van der Waals surface area (Å²) in [5.74, 6) is -1.25. The van der Waals surface area contributed by atoms with Crippen LogP contribution in [0.5, 0.6) is 0 Å². The molecule has 0 aromatic heterocycles. The summed E-state index contributed by atoms with van der Waals surface area (Å²) in [6.45, 7) is 5.93. The van der Waals surface area contributed by atoms with Crippen molar-refractivity contribution >= 4 is 11.9 Å². The minimum Gasteiger partial charge on any atom is -0.393 e. The van der Waals surface area contributed by atoms with Crippen LogP contribution in [0.1, 0.15) is 20.8 Å². The van der Waals surface area contributed by atoms with E-state index >= 15 is 0 Å². The van der Waals surface area contributed by atoms with Crippen molar-refractivity contribution in [2.24, 2.45) is 23.7 Å². The maximum atomic E-state index is 11.7. The fourth-order valence-electron chi connectivity index (χ4n) is 2.55. The van der Waals surface area contributed by atoms with Crippen LogP contribution >= 0.6 is 0 Å². The molecule has 0 aromatic rings. The summed E-state index contributed by atoms with van der Waals surface area (Å²) >= 11 is 0. The van der Waals surface area contributed by atoms with E-state index in [-0.39, 0.29) is 35.6 Å². The summed E-state index contributed by atoms with van der Waals surface area (Å²) in [7, 11) is 0. The molecule has 1 aliphatic heterocycles. The molecule has 3 heteroatoms. The van der Waals surface area contributed by atoms with E-state index in [1.54, 1.807) is 0 Å². The van der Waals surface area contributed by atoms with E-state index in [0.29, 0.717) is 0 Å². The molecule has 1 saturated heterocycles. The van der Waals surface area contributed by atoms with Gasteiger partial charge in [0.25, 0.3) is 0 Å². The second-order valence-electron chi connectivity index (χ2n) is 4.86. The summed E-state index contributed by atoms with van der Waals surface area (Å²) < 4.78 is 4.74. The summed E-state index contributed by atoms with van der Waals surface area (Å²) in [6.07, 6.45) is 6.05. The molecule has 0 amide bonds. The largest absolute Gasteiger partial charge is 0.393 e. The van der Waals surface area contributed by atoms with E-state index in [1.165, 1.54) is 0 Å². The molecule has 16 heavy (non-hydrogen) atoms. The Labute approximate surface area is 95.2 Å². The Hall–Kier alpha value is -1.38. The van der Waals surface area contributed by atoms with Gasteiger partial charge in [0.2, 0.25) is 0 Å². The van der Waals surface area contributed by atoms with Crippen LogP contribution in [0, 0.1) is 23.7 Å². The second-order valence-corrected chi connectivity index (χ2v) is 4.86. The number of esters is 2. The molecule has 3 nitrogen and oxygen atoms in total. The van der Waals surface area contributed by atoms with Gasteiger partial charge in [0.15, 0.2) is 0 Å². The van der Waals surface area contributed by atoms with Crippen LogP contribution < -0.4 is 0 Å². The van der Waals surface area contributed by atoms with E-state index in [2.05, 4.69) is 0 Å². The van der Waals surface area contributed by atoms with Gasteiger partial charge in [-0.25, -0.2) is 0 Å². The number of carbonyl (C=O) groups is 2. The molecule has 1 fully saturated rings. The van der Waals surface area contributed by atoms with E-state index in [1.807, 2.05) is 39.0 Å². The Bertz CT molecular complexity index is 388. The van der Waals surface area contributed by atoms with Crippen molar-refractivity contribution in [3.8, 4) is 0 Å². The topological polar surface area (TPSA) is 43.4 Å². The number of fused-ring (bicyclic) bond motifs is 1. The fourth-order valence-corrected chi connectivity index (χ4v) is 2.55. The van der Waals surface area contributed by atoms with Gasteiger partial charge in [-0.2, -0.15) is 0 Å². The first-order chi connectivity index (χ1) is 7.50. The molecule has 2 aliphatic rings. The number of cyclic esters (lactones) is 2. The highest BCUT2D eigenvalue weighted by Gasteiger charge is 2.50. The van der Waals surface area contributed by atoms with Gasteiger partial charge < -0.3 is 4.74 Å². The quantitative estimate of drug-likeness (QED) is 0.386. The number of carbonyl (C=O) groups excluding carboxylic acids is 2. The zero-order valence-corrected chi connectivity index (χ0v) is 9.77. The lowest BCUT2D eigenvalue weighted by molar-refractivity contribution is -0.154. The summed E-state index contributed by atoms with van der Waals surface area (Å²) in [4.78, 5) is 23.2. The first kappa shape index (κ1) is 11.1. The van der Waals surface area contributed by atoms with Gasteiger partial charge in [-0.1, -0.05) is 30.7 Å². The molecule has 0 spiro atoms. The van der Waals surface area contributed by atoms with Crippen molar-refractivity contribution in [3.63, 3.8) is 0 Å². The van der Waals surface area contributed by atoms with Crippen LogP contribution in [0.25, 0.3) is 0 Å². The van der Waals surface area contributed by atoms with Crippen LogP contribution in [0.4, 0.5) is 0 Å². The molecular weight excluding hydrogens is 204 g/mol. The van der Waals surface area contributed by atoms with Gasteiger partial charge >= 0.3 is 11.9 Å². The maximum Gasteiger partial charge on any atom is 0.318 e. The Morgan fingerprint density at radius 2 is 1.81 bits per heavy atom. The summed E-state index contributed by atoms with van der Waals surface area (Å²) in [6, 6.07) is 0. The predicted octanol–water partition coefficient (Wildman–Crippen LogP) is 2.09. The Balaban J connectivity index is 2.37. The normalized spacial score (nSPS) is 36.9. The Morgan fingerprint density at radius 1 is 1.19 bits per heavy atom. The molecule has 4 atom stereocenters. The van der Waals surface area contributed by atoms with Crippen LogP contribution in [-0.2, 0) is 14.3 Å². The average Bonchev–Trinajstić information content (AvgIpc) is 2.47. The van der Waals surface area contributed by atoms with E-state index < -0.39 is 0 Å². The van der Waals surface area contributed by atoms with Gasteiger partial charge in [-0.3, -0.25) is 9.59 Å². The lowest BCUT2D eigenvalue weighted by atomic mass is 9.72. The number of ether oxygens (including phenoxy) is 1. The number of rotatable bonds is 1. The summed E-state index contributed by atoms with van der Waals surface area (Å²) in [5, 5.41) is 0. The molecule has 0 aromatic carbocycles. The molecule has 2 rings (SSSR count). The van der Waals surface area contributed by atoms with Crippen LogP contribution in [-0.4, -0.2) is 11.9 Å². The average molecular weight is 220 g/mol. The Kier molecular flexibility index (Phi) is 2.70. The molecule has 0 bridgehead atoms. The van der Waals surface area contributed by atoms with Gasteiger partial charge in [0.05, 0.1) is 11.8 Å². The van der Waals surface area contributed by atoms with E-state index in [4.69, 9.17) is 4.74 Å². The predicted molar refractivity (Wildman–Crippen MR) is 59.3 cm³/mol. The standard InChI is InChI=1S/C13H16O3/c1-7(2)6-9-5-4-8(3)10-11(9)13(15)16-12(10)14/h4-6,8-11H,1-3H3. The van der Waals surface area contributed by atoms with Crippen LogP contribution in [0.2, 0.25) is 0 Å². The van der Waals surface area contributed by atoms with Gasteiger partial charge in [-0.15, -0.1) is 0 Å². The highest BCUT2D eigenvalue weighted by Crippen LogP contribution is 2.41. The van der Waals surface area contributed by atoms with Crippen molar-refractivity contribution in [2.75, 3.05) is 0 Å². The highest BCUT2D eigenvalue weighted by molar-refractivity contribution is 5.97. The molecule has 0 radical (unpaired) electrons. The summed E-state index contributed by atoms with van der Waals surface area (Å²) in [5.41, 5.74) is 1.15. The zero-order valence-electron chi connectivity index (χ0n) is 9.77. The SMILES string of the molecule is CC(C)=CC1C=CC(C)C2C(=O)OC(=O)C12. The number of hydrogen-bond acceptors (Lipinski definition) is 3. The van der Waals surface area contributed by atoms with Crippen molar-refractivity contribution in [2.45, 2.75) is 20.8 Å².